The van der Waals surface area contributed by atoms with Gasteiger partial charge in [-0.2, -0.15) is 0 Å². The van der Waals surface area contributed by atoms with E-state index in [4.69, 9.17) is 0 Å². The molecule has 0 bridgehead atoms. The Bertz CT molecular complexity index is 887. The van der Waals surface area contributed by atoms with Gasteiger partial charge >= 0.3 is 0 Å². The van der Waals surface area contributed by atoms with Crippen molar-refractivity contribution in [3.8, 4) is 0 Å². The van der Waals surface area contributed by atoms with E-state index in [0.717, 1.165) is 44.9 Å². The Labute approximate surface area is 136 Å². The summed E-state index contributed by atoms with van der Waals surface area (Å²) in [5.74, 6) is -2.04. The molecule has 6 heteroatoms. The van der Waals surface area contributed by atoms with Crippen LogP contribution in [0.5, 0.6) is 0 Å². The Morgan fingerprint density at radius 2 is 0.875 bits per heavy atom. The van der Waals surface area contributed by atoms with E-state index in [1.165, 1.54) is 0 Å². The van der Waals surface area contributed by atoms with Crippen molar-refractivity contribution in [2.45, 2.75) is 0 Å². The van der Waals surface area contributed by atoms with Crippen LogP contribution >= 0.6 is 0 Å². The molecule has 0 spiro atoms. The highest BCUT2D eigenvalue weighted by Gasteiger charge is 2.33. The SMILES string of the molecule is O=C1C=CC(=O)N1c1cc2ccccc2cc1N1C(=O)C=CC1=O. The van der Waals surface area contributed by atoms with E-state index in [-0.39, 0.29) is 11.4 Å². The Morgan fingerprint density at radius 3 is 1.21 bits per heavy atom. The number of carbonyl (C=O) groups is 4. The monoisotopic (exact) mass is 318 g/mol. The van der Waals surface area contributed by atoms with Crippen LogP contribution < -0.4 is 9.80 Å². The van der Waals surface area contributed by atoms with Crippen molar-refractivity contribution in [2.75, 3.05) is 9.80 Å². The molecule has 4 amide bonds. The van der Waals surface area contributed by atoms with Gasteiger partial charge in [0.05, 0.1) is 11.4 Å². The molecule has 0 atom stereocenters. The summed E-state index contributed by atoms with van der Waals surface area (Å²) in [6.45, 7) is 0. The van der Waals surface area contributed by atoms with Gasteiger partial charge in [0.1, 0.15) is 0 Å². The summed E-state index contributed by atoms with van der Waals surface area (Å²) in [5.41, 5.74) is 0.415. The highest BCUT2D eigenvalue weighted by molar-refractivity contribution is 6.33. The zero-order valence-corrected chi connectivity index (χ0v) is 12.3. The molecule has 2 aliphatic rings. The highest BCUT2D eigenvalue weighted by Crippen LogP contribution is 2.37. The Kier molecular flexibility index (Phi) is 2.93. The lowest BCUT2D eigenvalue weighted by molar-refractivity contribution is -0.122. The predicted molar refractivity (Wildman–Crippen MR) is 87.2 cm³/mol. The van der Waals surface area contributed by atoms with Gasteiger partial charge in [0.25, 0.3) is 23.6 Å². The molecule has 2 aliphatic heterocycles. The first-order valence-corrected chi connectivity index (χ1v) is 7.21. The molecule has 116 valence electrons. The maximum Gasteiger partial charge on any atom is 0.258 e. The number of benzene rings is 2. The number of fused-ring (bicyclic) bond motifs is 1. The van der Waals surface area contributed by atoms with Gasteiger partial charge in [0, 0.05) is 24.3 Å². The first-order valence-electron chi connectivity index (χ1n) is 7.21. The molecule has 0 N–H and O–H groups in total. The van der Waals surface area contributed by atoms with E-state index in [1.54, 1.807) is 12.1 Å². The lowest BCUT2D eigenvalue weighted by Crippen LogP contribution is -2.35. The van der Waals surface area contributed by atoms with Gasteiger partial charge in [-0.15, -0.1) is 0 Å². The molecular weight excluding hydrogens is 308 g/mol. The van der Waals surface area contributed by atoms with Crippen LogP contribution in [0.3, 0.4) is 0 Å². The minimum atomic E-state index is -0.511. The quantitative estimate of drug-likeness (QED) is 0.790. The van der Waals surface area contributed by atoms with E-state index in [2.05, 4.69) is 0 Å². The minimum Gasteiger partial charge on any atom is -0.269 e. The maximum atomic E-state index is 12.1. The molecule has 4 rings (SSSR count). The molecule has 0 saturated carbocycles. The summed E-state index contributed by atoms with van der Waals surface area (Å²) in [6.07, 6.45) is 4.64. The third-order valence-corrected chi connectivity index (χ3v) is 3.94. The first-order chi connectivity index (χ1) is 11.6. The van der Waals surface area contributed by atoms with Crippen molar-refractivity contribution < 1.29 is 19.2 Å². The average Bonchev–Trinajstić information content (AvgIpc) is 3.08. The fourth-order valence-electron chi connectivity index (χ4n) is 2.85. The van der Waals surface area contributed by atoms with Gasteiger partial charge in [-0.25, -0.2) is 9.80 Å². The van der Waals surface area contributed by atoms with Crippen molar-refractivity contribution in [1.82, 2.24) is 0 Å². The molecular formula is C18H10N2O4. The molecule has 0 aliphatic carbocycles. The van der Waals surface area contributed by atoms with Crippen LogP contribution in [0.2, 0.25) is 0 Å². The second-order valence-electron chi connectivity index (χ2n) is 5.38. The standard InChI is InChI=1S/C18H10N2O4/c21-15-5-6-16(22)19(15)13-9-11-3-1-2-4-12(11)10-14(13)20-17(23)7-8-18(20)24/h1-10H. The smallest absolute Gasteiger partial charge is 0.258 e. The van der Waals surface area contributed by atoms with E-state index >= 15 is 0 Å². The van der Waals surface area contributed by atoms with Crippen LogP contribution in [0.25, 0.3) is 10.8 Å². The number of nitrogens with zero attached hydrogens (tertiary/aromatic N) is 2. The fourth-order valence-corrected chi connectivity index (χ4v) is 2.85. The average molecular weight is 318 g/mol. The summed E-state index contributed by atoms with van der Waals surface area (Å²) in [6, 6.07) is 10.6. The lowest BCUT2D eigenvalue weighted by atomic mass is 10.1. The Morgan fingerprint density at radius 1 is 0.542 bits per heavy atom. The second-order valence-corrected chi connectivity index (χ2v) is 5.38. The Balaban J connectivity index is 1.98. The number of anilines is 2. The normalized spacial score (nSPS) is 17.0. The van der Waals surface area contributed by atoms with Crippen molar-refractivity contribution in [1.29, 1.82) is 0 Å². The topological polar surface area (TPSA) is 74.8 Å². The second kappa shape index (κ2) is 4.99. The van der Waals surface area contributed by atoms with Crippen molar-refractivity contribution >= 4 is 45.8 Å². The van der Waals surface area contributed by atoms with Crippen LogP contribution in [0, 0.1) is 0 Å². The van der Waals surface area contributed by atoms with Crippen LogP contribution in [0.1, 0.15) is 0 Å². The van der Waals surface area contributed by atoms with E-state index in [0.29, 0.717) is 0 Å². The molecule has 2 aromatic carbocycles. The van der Waals surface area contributed by atoms with Crippen LogP contribution in [0.4, 0.5) is 11.4 Å². The minimum absolute atomic E-state index is 0.208. The van der Waals surface area contributed by atoms with Gasteiger partial charge in [0.2, 0.25) is 0 Å². The maximum absolute atomic E-state index is 12.1. The molecule has 24 heavy (non-hydrogen) atoms. The van der Waals surface area contributed by atoms with E-state index in [9.17, 15) is 19.2 Å². The van der Waals surface area contributed by atoms with Crippen LogP contribution in [0.15, 0.2) is 60.7 Å². The number of amides is 4. The van der Waals surface area contributed by atoms with Gasteiger partial charge in [-0.1, -0.05) is 24.3 Å². The molecule has 6 nitrogen and oxygen atoms in total. The fraction of sp³-hybridized carbons (Fsp3) is 0. The van der Waals surface area contributed by atoms with Gasteiger partial charge in [0.15, 0.2) is 0 Å². The number of hydrogen-bond donors (Lipinski definition) is 0. The number of rotatable bonds is 2. The molecule has 2 aromatic rings. The highest BCUT2D eigenvalue weighted by atomic mass is 16.2. The third-order valence-electron chi connectivity index (χ3n) is 3.94. The zero-order valence-electron chi connectivity index (χ0n) is 12.3. The van der Waals surface area contributed by atoms with Gasteiger partial charge in [-0.05, 0) is 22.9 Å². The predicted octanol–water partition coefficient (Wildman–Crippen LogP) is 1.70. The van der Waals surface area contributed by atoms with Crippen LogP contribution in [-0.2, 0) is 19.2 Å². The van der Waals surface area contributed by atoms with E-state index < -0.39 is 23.6 Å². The number of imide groups is 2. The summed E-state index contributed by atoms with van der Waals surface area (Å²) in [4.78, 5) is 50.2. The van der Waals surface area contributed by atoms with Gasteiger partial charge < -0.3 is 0 Å². The summed E-state index contributed by atoms with van der Waals surface area (Å²) >= 11 is 0. The molecule has 2 heterocycles. The van der Waals surface area contributed by atoms with Gasteiger partial charge in [-0.3, -0.25) is 19.2 Å². The summed E-state index contributed by atoms with van der Waals surface area (Å²) < 4.78 is 0. The molecule has 0 unspecified atom stereocenters. The summed E-state index contributed by atoms with van der Waals surface area (Å²) in [7, 11) is 0. The summed E-state index contributed by atoms with van der Waals surface area (Å²) in [5, 5.41) is 1.58. The third kappa shape index (κ3) is 1.97. The van der Waals surface area contributed by atoms with Crippen LogP contribution in [-0.4, -0.2) is 23.6 Å². The molecule has 0 aromatic heterocycles. The van der Waals surface area contributed by atoms with Crippen molar-refractivity contribution in [2.24, 2.45) is 0 Å². The molecule has 0 fully saturated rings. The zero-order chi connectivity index (χ0) is 16.8. The number of hydrogen-bond acceptors (Lipinski definition) is 4. The number of carbonyl (C=O) groups excluding carboxylic acids is 4. The molecule has 0 radical (unpaired) electrons. The van der Waals surface area contributed by atoms with Crippen molar-refractivity contribution in [3.05, 3.63) is 60.7 Å². The largest absolute Gasteiger partial charge is 0.269 e. The first kappa shape index (κ1) is 14.1. The molecule has 0 saturated heterocycles. The lowest BCUT2D eigenvalue weighted by Gasteiger charge is -2.23. The van der Waals surface area contributed by atoms with Crippen molar-refractivity contribution in [3.63, 3.8) is 0 Å². The Hall–Kier alpha value is -3.54. The van der Waals surface area contributed by atoms with E-state index in [1.807, 2.05) is 24.3 Å².